The van der Waals surface area contributed by atoms with Crippen LogP contribution in [0.25, 0.3) is 0 Å². The van der Waals surface area contributed by atoms with Crippen LogP contribution in [0.1, 0.15) is 27.9 Å². The lowest BCUT2D eigenvalue weighted by Crippen LogP contribution is -2.61. The van der Waals surface area contributed by atoms with Crippen LogP contribution >= 0.6 is 0 Å². The topological polar surface area (TPSA) is 70.6 Å². The zero-order valence-electron chi connectivity index (χ0n) is 14.6. The van der Waals surface area contributed by atoms with E-state index in [1.807, 2.05) is 43.3 Å². The molecule has 3 N–H and O–H groups in total. The molecule has 0 bridgehead atoms. The van der Waals surface area contributed by atoms with E-state index in [9.17, 15) is 9.90 Å². The summed E-state index contributed by atoms with van der Waals surface area (Å²) in [6.45, 7) is 3.08. The minimum Gasteiger partial charge on any atom is -0.496 e. The molecule has 132 valence electrons. The summed E-state index contributed by atoms with van der Waals surface area (Å²) in [5.74, 6) is 0.278. The average Bonchev–Trinajstić information content (AvgIpc) is 2.64. The summed E-state index contributed by atoms with van der Waals surface area (Å²) in [5.41, 5.74) is 1.54. The standard InChI is InChI=1S/C20H24N2O3/c1-14-8-9-17(25-2)16(12-14)19(24)22-20(10-11-21-13-18(20)23)15-6-4-3-5-7-15/h3-9,12,18,21,23H,10-11,13H2,1-2H3,(H,22,24)/t18-,20-/m1/s1. The van der Waals surface area contributed by atoms with Crippen LogP contribution in [0.2, 0.25) is 0 Å². The van der Waals surface area contributed by atoms with Crippen molar-refractivity contribution in [2.24, 2.45) is 0 Å². The first-order valence-electron chi connectivity index (χ1n) is 8.48. The Morgan fingerprint density at radius 3 is 2.72 bits per heavy atom. The molecule has 1 aliphatic rings. The second-order valence-corrected chi connectivity index (χ2v) is 6.47. The fraction of sp³-hybridized carbons (Fsp3) is 0.350. The number of ether oxygens (including phenoxy) is 1. The molecule has 3 rings (SSSR count). The molecule has 1 fully saturated rings. The number of hydrogen-bond acceptors (Lipinski definition) is 4. The molecule has 2 aromatic rings. The Labute approximate surface area is 148 Å². The van der Waals surface area contributed by atoms with Crippen LogP contribution in [0.5, 0.6) is 5.75 Å². The predicted octanol–water partition coefficient (Wildman–Crippen LogP) is 1.98. The van der Waals surface area contributed by atoms with Gasteiger partial charge in [0.25, 0.3) is 5.91 Å². The SMILES string of the molecule is COc1ccc(C)cc1C(=O)N[C@@]1(c2ccccc2)CCNC[C@H]1O. The molecule has 2 aromatic carbocycles. The van der Waals surface area contributed by atoms with Crippen LogP contribution in [0, 0.1) is 6.92 Å². The van der Waals surface area contributed by atoms with Gasteiger partial charge in [0, 0.05) is 6.54 Å². The highest BCUT2D eigenvalue weighted by atomic mass is 16.5. The van der Waals surface area contributed by atoms with Gasteiger partial charge in [-0.15, -0.1) is 0 Å². The molecule has 0 saturated carbocycles. The molecule has 0 spiro atoms. The first kappa shape index (κ1) is 17.5. The minimum atomic E-state index is -0.821. The summed E-state index contributed by atoms with van der Waals surface area (Å²) in [6.07, 6.45) is -0.110. The van der Waals surface area contributed by atoms with E-state index in [-0.39, 0.29) is 5.91 Å². The van der Waals surface area contributed by atoms with Gasteiger partial charge in [0.2, 0.25) is 0 Å². The van der Waals surface area contributed by atoms with E-state index in [1.165, 1.54) is 0 Å². The monoisotopic (exact) mass is 340 g/mol. The van der Waals surface area contributed by atoms with Crippen LogP contribution in [0.4, 0.5) is 0 Å². The third kappa shape index (κ3) is 3.38. The molecular formula is C20H24N2O3. The fourth-order valence-electron chi connectivity index (χ4n) is 3.42. The van der Waals surface area contributed by atoms with Crippen LogP contribution in [0.15, 0.2) is 48.5 Å². The number of hydrogen-bond donors (Lipinski definition) is 3. The molecule has 1 amide bonds. The van der Waals surface area contributed by atoms with Crippen molar-refractivity contribution in [3.63, 3.8) is 0 Å². The van der Waals surface area contributed by atoms with E-state index in [2.05, 4.69) is 10.6 Å². The van der Waals surface area contributed by atoms with Crippen molar-refractivity contribution in [2.45, 2.75) is 25.0 Å². The van der Waals surface area contributed by atoms with Crippen molar-refractivity contribution in [3.05, 3.63) is 65.2 Å². The quantitative estimate of drug-likeness (QED) is 0.796. The van der Waals surface area contributed by atoms with Gasteiger partial charge < -0.3 is 20.5 Å². The second kappa shape index (κ2) is 7.25. The van der Waals surface area contributed by atoms with Crippen LogP contribution in [-0.4, -0.2) is 37.3 Å². The summed E-state index contributed by atoms with van der Waals surface area (Å²) in [5, 5.41) is 17.0. The molecule has 0 radical (unpaired) electrons. The van der Waals surface area contributed by atoms with Gasteiger partial charge >= 0.3 is 0 Å². The second-order valence-electron chi connectivity index (χ2n) is 6.47. The lowest BCUT2D eigenvalue weighted by atomic mass is 9.79. The Kier molecular flexibility index (Phi) is 5.06. The molecule has 5 nitrogen and oxygen atoms in total. The molecule has 0 aromatic heterocycles. The number of aliphatic hydroxyl groups is 1. The number of aryl methyl sites for hydroxylation is 1. The molecule has 25 heavy (non-hydrogen) atoms. The maximum absolute atomic E-state index is 13.0. The molecule has 1 heterocycles. The normalized spacial score (nSPS) is 23.1. The highest BCUT2D eigenvalue weighted by molar-refractivity contribution is 5.97. The molecule has 0 unspecified atom stereocenters. The van der Waals surface area contributed by atoms with Crippen LogP contribution in [0.3, 0.4) is 0 Å². The van der Waals surface area contributed by atoms with Gasteiger partial charge in [-0.2, -0.15) is 0 Å². The maximum atomic E-state index is 13.0. The predicted molar refractivity (Wildman–Crippen MR) is 96.8 cm³/mol. The molecule has 1 saturated heterocycles. The number of carbonyl (C=O) groups is 1. The van der Waals surface area contributed by atoms with E-state index in [1.54, 1.807) is 19.2 Å². The number of amides is 1. The maximum Gasteiger partial charge on any atom is 0.255 e. The number of methoxy groups -OCH3 is 1. The Balaban J connectivity index is 1.99. The molecule has 0 aliphatic carbocycles. The van der Waals surface area contributed by atoms with Crippen molar-refractivity contribution < 1.29 is 14.6 Å². The highest BCUT2D eigenvalue weighted by Crippen LogP contribution is 2.32. The van der Waals surface area contributed by atoms with Gasteiger partial charge in [-0.05, 0) is 37.6 Å². The first-order valence-corrected chi connectivity index (χ1v) is 8.48. The molecule has 1 aliphatic heterocycles. The number of aliphatic hydroxyl groups excluding tert-OH is 1. The average molecular weight is 340 g/mol. The summed E-state index contributed by atoms with van der Waals surface area (Å²) in [4.78, 5) is 13.0. The van der Waals surface area contributed by atoms with Crippen LogP contribution < -0.4 is 15.4 Å². The van der Waals surface area contributed by atoms with Gasteiger partial charge in [-0.1, -0.05) is 42.0 Å². The third-order valence-electron chi connectivity index (χ3n) is 4.83. The Morgan fingerprint density at radius 2 is 2.04 bits per heavy atom. The van der Waals surface area contributed by atoms with Gasteiger partial charge in [0.15, 0.2) is 0 Å². The van der Waals surface area contributed by atoms with Crippen molar-refractivity contribution >= 4 is 5.91 Å². The number of carbonyl (C=O) groups excluding carboxylic acids is 1. The first-order chi connectivity index (χ1) is 12.1. The Bertz CT molecular complexity index is 748. The summed E-state index contributed by atoms with van der Waals surface area (Å²) in [6, 6.07) is 15.2. The zero-order chi connectivity index (χ0) is 17.9. The van der Waals surface area contributed by atoms with Gasteiger partial charge in [0.05, 0.1) is 24.3 Å². The molecule has 2 atom stereocenters. The lowest BCUT2D eigenvalue weighted by molar-refractivity contribution is 0.0288. The van der Waals surface area contributed by atoms with Crippen molar-refractivity contribution in [2.75, 3.05) is 20.2 Å². The van der Waals surface area contributed by atoms with Gasteiger partial charge in [-0.25, -0.2) is 0 Å². The van der Waals surface area contributed by atoms with Crippen molar-refractivity contribution in [1.82, 2.24) is 10.6 Å². The zero-order valence-corrected chi connectivity index (χ0v) is 14.6. The molecule has 5 heteroatoms. The van der Waals surface area contributed by atoms with Gasteiger partial charge in [0.1, 0.15) is 5.75 Å². The van der Waals surface area contributed by atoms with Crippen LogP contribution in [-0.2, 0) is 5.54 Å². The lowest BCUT2D eigenvalue weighted by Gasteiger charge is -2.43. The minimum absolute atomic E-state index is 0.245. The number of piperidine rings is 1. The number of rotatable bonds is 4. The highest BCUT2D eigenvalue weighted by Gasteiger charge is 2.43. The largest absolute Gasteiger partial charge is 0.496 e. The third-order valence-corrected chi connectivity index (χ3v) is 4.83. The number of nitrogens with one attached hydrogen (secondary N) is 2. The van der Waals surface area contributed by atoms with Crippen molar-refractivity contribution in [3.8, 4) is 5.75 Å². The number of benzene rings is 2. The smallest absolute Gasteiger partial charge is 0.255 e. The molecular weight excluding hydrogens is 316 g/mol. The van der Waals surface area contributed by atoms with Gasteiger partial charge in [-0.3, -0.25) is 4.79 Å². The van der Waals surface area contributed by atoms with E-state index >= 15 is 0 Å². The van der Waals surface area contributed by atoms with E-state index in [4.69, 9.17) is 4.74 Å². The summed E-state index contributed by atoms with van der Waals surface area (Å²) in [7, 11) is 1.55. The van der Waals surface area contributed by atoms with E-state index < -0.39 is 11.6 Å². The Morgan fingerprint density at radius 1 is 1.28 bits per heavy atom. The van der Waals surface area contributed by atoms with Crippen molar-refractivity contribution in [1.29, 1.82) is 0 Å². The number of β-amino-alcohol motifs (C(OH)–C–C–N with tert-alkyl or cyclic N) is 1. The van der Waals surface area contributed by atoms with E-state index in [0.717, 1.165) is 17.7 Å². The van der Waals surface area contributed by atoms with E-state index in [0.29, 0.717) is 24.3 Å². The fourth-order valence-corrected chi connectivity index (χ4v) is 3.42. The summed E-state index contributed by atoms with van der Waals surface area (Å²) >= 11 is 0. The Hall–Kier alpha value is -2.37. The summed E-state index contributed by atoms with van der Waals surface area (Å²) < 4.78 is 5.34.